The van der Waals surface area contributed by atoms with Gasteiger partial charge < -0.3 is 14.6 Å². The van der Waals surface area contributed by atoms with Crippen LogP contribution in [0.1, 0.15) is 35.5 Å². The Morgan fingerprint density at radius 3 is 2.49 bits per heavy atom. The zero-order chi connectivity index (χ0) is 29.3. The smallest absolute Gasteiger partial charge is 0.282 e. The number of carbonyl (C=O) groups is 1. The van der Waals surface area contributed by atoms with Crippen LogP contribution in [0.25, 0.3) is 16.6 Å². The fourth-order valence-corrected chi connectivity index (χ4v) is 4.56. The van der Waals surface area contributed by atoms with E-state index < -0.39 is 22.8 Å². The topological polar surface area (TPSA) is 95.6 Å². The van der Waals surface area contributed by atoms with Crippen molar-refractivity contribution in [2.75, 3.05) is 6.61 Å². The second-order valence-electron chi connectivity index (χ2n) is 10.5. The summed E-state index contributed by atoms with van der Waals surface area (Å²) in [5, 5.41) is 10.5. The largest absolute Gasteiger partial charge is 0.491 e. The molecule has 0 bridgehead atoms. The first-order valence-corrected chi connectivity index (χ1v) is 13.1. The second-order valence-corrected chi connectivity index (χ2v) is 10.5. The van der Waals surface area contributed by atoms with Crippen molar-refractivity contribution in [1.29, 1.82) is 0 Å². The van der Waals surface area contributed by atoms with E-state index in [2.05, 4.69) is 4.98 Å². The van der Waals surface area contributed by atoms with Crippen LogP contribution in [0.4, 0.5) is 4.39 Å². The van der Waals surface area contributed by atoms with Crippen LogP contribution in [0.3, 0.4) is 0 Å². The van der Waals surface area contributed by atoms with Gasteiger partial charge in [0.1, 0.15) is 23.7 Å². The number of nitrogens with zero attached hydrogens (tertiary/aromatic N) is 3. The Morgan fingerprint density at radius 1 is 1.02 bits per heavy atom. The van der Waals surface area contributed by atoms with Gasteiger partial charge in [-0.25, -0.2) is 9.07 Å². The molecule has 0 atom stereocenters. The van der Waals surface area contributed by atoms with Gasteiger partial charge in [-0.15, -0.1) is 0 Å². The zero-order valence-electron chi connectivity index (χ0n) is 23.2. The van der Waals surface area contributed by atoms with Crippen LogP contribution in [0.5, 0.6) is 17.2 Å². The number of hydrogen-bond acceptors (Lipinski definition) is 6. The van der Waals surface area contributed by atoms with Crippen molar-refractivity contribution < 1.29 is 23.8 Å². The van der Waals surface area contributed by atoms with Gasteiger partial charge >= 0.3 is 0 Å². The standard InChI is InChI=1S/C32H30FN3O5/c1-20-30(31(38)36(35(20)4)22-8-6-5-7-9-22)27(37)17-21-10-13-29(25(33)16-21)41-28-14-15-34-26-18-23(11-12-24(26)28)40-19-32(2,3)39/h5-16,18,39H,17,19H2,1-4H3. The number of carbonyl (C=O) groups excluding carboxylic acids is 1. The Hall–Kier alpha value is -4.76. The molecule has 8 nitrogen and oxygen atoms in total. The molecule has 0 saturated heterocycles. The molecular weight excluding hydrogens is 525 g/mol. The number of fused-ring (bicyclic) bond motifs is 1. The monoisotopic (exact) mass is 555 g/mol. The van der Waals surface area contributed by atoms with Crippen molar-refractivity contribution in [3.8, 4) is 22.9 Å². The number of Topliss-reactive ketones (excluding diaryl/α,β-unsaturated/α-hetero) is 1. The van der Waals surface area contributed by atoms with Crippen LogP contribution in [0, 0.1) is 12.7 Å². The molecule has 2 aromatic heterocycles. The van der Waals surface area contributed by atoms with E-state index in [1.54, 1.807) is 81.2 Å². The Balaban J connectivity index is 1.35. The summed E-state index contributed by atoms with van der Waals surface area (Å²) in [5.74, 6) is -0.120. The molecule has 5 rings (SSSR count). The van der Waals surface area contributed by atoms with Crippen molar-refractivity contribution >= 4 is 16.7 Å². The fourth-order valence-electron chi connectivity index (χ4n) is 4.56. The van der Waals surface area contributed by atoms with E-state index >= 15 is 4.39 Å². The highest BCUT2D eigenvalue weighted by Crippen LogP contribution is 2.32. The first kappa shape index (κ1) is 27.8. The number of rotatable bonds is 9. The quantitative estimate of drug-likeness (QED) is 0.240. The van der Waals surface area contributed by atoms with Gasteiger partial charge in [0, 0.05) is 36.8 Å². The maximum atomic E-state index is 15.1. The number of aromatic nitrogens is 3. The van der Waals surface area contributed by atoms with Gasteiger partial charge in [0.2, 0.25) is 0 Å². The first-order chi connectivity index (χ1) is 19.5. The molecule has 0 aliphatic carbocycles. The van der Waals surface area contributed by atoms with Gasteiger partial charge in [-0.2, -0.15) is 0 Å². The second kappa shape index (κ2) is 11.0. The minimum absolute atomic E-state index is 0.0154. The lowest BCUT2D eigenvalue weighted by Crippen LogP contribution is -2.27. The summed E-state index contributed by atoms with van der Waals surface area (Å²) < 4.78 is 29.8. The Morgan fingerprint density at radius 2 is 1.78 bits per heavy atom. The molecule has 0 spiro atoms. The lowest BCUT2D eigenvalue weighted by Gasteiger charge is -2.18. The number of halogens is 1. The van der Waals surface area contributed by atoms with E-state index in [0.717, 1.165) is 0 Å². The summed E-state index contributed by atoms with van der Waals surface area (Å²) in [6.45, 7) is 5.13. The van der Waals surface area contributed by atoms with Gasteiger partial charge in [0.05, 0.1) is 16.8 Å². The first-order valence-electron chi connectivity index (χ1n) is 13.1. The fraction of sp³-hybridized carbons (Fsp3) is 0.219. The third-order valence-corrected chi connectivity index (χ3v) is 6.68. The maximum absolute atomic E-state index is 15.1. The van der Waals surface area contributed by atoms with Gasteiger partial charge in [-0.05, 0) is 68.8 Å². The SMILES string of the molecule is Cc1c(C(=O)Cc2ccc(Oc3ccnc4cc(OCC(C)(C)O)ccc34)c(F)c2)c(=O)n(-c2ccccc2)n1C. The summed E-state index contributed by atoms with van der Waals surface area (Å²) in [6.07, 6.45) is 1.41. The molecule has 0 saturated carbocycles. The number of aliphatic hydroxyl groups is 1. The average Bonchev–Trinajstić information content (AvgIpc) is 3.16. The Kier molecular flexibility index (Phi) is 7.47. The van der Waals surface area contributed by atoms with E-state index in [9.17, 15) is 14.7 Å². The summed E-state index contributed by atoms with van der Waals surface area (Å²) in [4.78, 5) is 30.7. The van der Waals surface area contributed by atoms with E-state index in [-0.39, 0.29) is 24.3 Å². The third kappa shape index (κ3) is 5.90. The van der Waals surface area contributed by atoms with Crippen LogP contribution in [-0.2, 0) is 13.5 Å². The summed E-state index contributed by atoms with van der Waals surface area (Å²) in [6, 6.07) is 20.2. The van der Waals surface area contributed by atoms with Crippen molar-refractivity contribution in [2.45, 2.75) is 32.8 Å². The molecule has 5 aromatic rings. The number of pyridine rings is 1. The summed E-state index contributed by atoms with van der Waals surface area (Å²) in [7, 11) is 1.72. The van der Waals surface area contributed by atoms with Crippen molar-refractivity contribution in [1.82, 2.24) is 14.3 Å². The summed E-state index contributed by atoms with van der Waals surface area (Å²) >= 11 is 0. The van der Waals surface area contributed by atoms with E-state index in [0.29, 0.717) is 39.3 Å². The predicted molar refractivity (Wildman–Crippen MR) is 154 cm³/mol. The minimum Gasteiger partial charge on any atom is -0.491 e. The van der Waals surface area contributed by atoms with E-state index in [1.807, 2.05) is 18.2 Å². The Bertz CT molecular complexity index is 1800. The molecule has 3 aromatic carbocycles. The molecule has 0 unspecified atom stereocenters. The highest BCUT2D eigenvalue weighted by atomic mass is 19.1. The average molecular weight is 556 g/mol. The van der Waals surface area contributed by atoms with Gasteiger partial charge in [-0.3, -0.25) is 19.3 Å². The predicted octanol–water partition coefficient (Wildman–Crippen LogP) is 5.54. The molecule has 0 aliphatic rings. The van der Waals surface area contributed by atoms with Crippen LogP contribution >= 0.6 is 0 Å². The molecule has 2 heterocycles. The third-order valence-electron chi connectivity index (χ3n) is 6.68. The number of hydrogen-bond donors (Lipinski definition) is 1. The van der Waals surface area contributed by atoms with Crippen molar-refractivity contribution in [3.05, 3.63) is 112 Å². The molecule has 210 valence electrons. The van der Waals surface area contributed by atoms with Crippen molar-refractivity contribution in [3.63, 3.8) is 0 Å². The molecule has 1 N–H and O–H groups in total. The highest BCUT2D eigenvalue weighted by Gasteiger charge is 2.23. The molecule has 0 radical (unpaired) electrons. The lowest BCUT2D eigenvalue weighted by atomic mass is 10.0. The molecule has 9 heteroatoms. The van der Waals surface area contributed by atoms with Crippen LogP contribution in [-0.4, -0.2) is 37.4 Å². The van der Waals surface area contributed by atoms with Crippen LogP contribution in [0.15, 0.2) is 83.8 Å². The number of ether oxygens (including phenoxy) is 2. The number of ketones is 1. The van der Waals surface area contributed by atoms with Gasteiger partial charge in [0.15, 0.2) is 17.3 Å². The summed E-state index contributed by atoms with van der Waals surface area (Å²) in [5.41, 5.74) is 0.854. The lowest BCUT2D eigenvalue weighted by molar-refractivity contribution is 0.0285. The molecule has 0 aliphatic heterocycles. The molecule has 41 heavy (non-hydrogen) atoms. The van der Waals surface area contributed by atoms with Crippen LogP contribution in [0.2, 0.25) is 0 Å². The zero-order valence-corrected chi connectivity index (χ0v) is 23.2. The highest BCUT2D eigenvalue weighted by molar-refractivity contribution is 5.98. The number of para-hydroxylation sites is 1. The maximum Gasteiger partial charge on any atom is 0.282 e. The number of benzene rings is 3. The molecule has 0 fully saturated rings. The van der Waals surface area contributed by atoms with Crippen molar-refractivity contribution in [2.24, 2.45) is 7.05 Å². The van der Waals surface area contributed by atoms with Crippen LogP contribution < -0.4 is 15.0 Å². The van der Waals surface area contributed by atoms with E-state index in [4.69, 9.17) is 9.47 Å². The normalized spacial score (nSPS) is 11.6. The van der Waals surface area contributed by atoms with Gasteiger partial charge in [-0.1, -0.05) is 24.3 Å². The van der Waals surface area contributed by atoms with Gasteiger partial charge in [0.25, 0.3) is 5.56 Å². The molecule has 0 amide bonds. The van der Waals surface area contributed by atoms with E-state index in [1.165, 1.54) is 16.8 Å². The minimum atomic E-state index is -0.983. The Labute approximate surface area is 236 Å². The molecular formula is C32H30FN3O5.